The van der Waals surface area contributed by atoms with E-state index in [1.807, 2.05) is 0 Å². The smallest absolute Gasteiger partial charge is 0.197 e. The molecule has 1 heterocycles. The molecule has 0 radical (unpaired) electrons. The number of thiophene rings is 1. The summed E-state index contributed by atoms with van der Waals surface area (Å²) in [6.45, 7) is 0. The Bertz CT molecular complexity index is 565. The zero-order valence-electron chi connectivity index (χ0n) is 8.87. The molecular weight excluding hydrogens is 324 g/mol. The van der Waals surface area contributed by atoms with E-state index in [0.717, 1.165) is 3.79 Å². The summed E-state index contributed by atoms with van der Waals surface area (Å²) >= 11 is 10.7. The number of hydrogen-bond acceptors (Lipinski definition) is 3. The third-order valence-corrected chi connectivity index (χ3v) is 3.98. The summed E-state index contributed by atoms with van der Waals surface area (Å²) in [5, 5.41) is 2.32. The monoisotopic (exact) mass is 330 g/mol. The minimum atomic E-state index is -0.0914. The fourth-order valence-electron chi connectivity index (χ4n) is 1.44. The summed E-state index contributed by atoms with van der Waals surface area (Å²) in [4.78, 5) is 12.2. The molecule has 0 saturated heterocycles. The SMILES string of the molecule is COc1ccc(Cl)cc1C(=O)c1csc(Br)c1. The van der Waals surface area contributed by atoms with Crippen molar-refractivity contribution in [3.05, 3.63) is 49.6 Å². The topological polar surface area (TPSA) is 26.3 Å². The molecular formula is C12H8BrClO2S. The zero-order valence-corrected chi connectivity index (χ0v) is 12.0. The number of ketones is 1. The molecule has 1 aromatic carbocycles. The van der Waals surface area contributed by atoms with Crippen molar-refractivity contribution in [2.24, 2.45) is 0 Å². The van der Waals surface area contributed by atoms with E-state index in [2.05, 4.69) is 15.9 Å². The quantitative estimate of drug-likeness (QED) is 0.779. The molecule has 88 valence electrons. The average Bonchev–Trinajstić information content (AvgIpc) is 2.75. The van der Waals surface area contributed by atoms with Crippen LogP contribution in [0.5, 0.6) is 5.75 Å². The lowest BCUT2D eigenvalue weighted by Crippen LogP contribution is -2.02. The van der Waals surface area contributed by atoms with Gasteiger partial charge < -0.3 is 4.74 Å². The van der Waals surface area contributed by atoms with Gasteiger partial charge in [0.1, 0.15) is 5.75 Å². The number of carbonyl (C=O) groups excluding carboxylic acids is 1. The molecule has 0 bridgehead atoms. The molecule has 0 aliphatic rings. The van der Waals surface area contributed by atoms with E-state index in [4.69, 9.17) is 16.3 Å². The van der Waals surface area contributed by atoms with Crippen LogP contribution in [0.4, 0.5) is 0 Å². The van der Waals surface area contributed by atoms with E-state index >= 15 is 0 Å². The first-order valence-corrected chi connectivity index (χ1v) is 6.79. The van der Waals surface area contributed by atoms with E-state index in [1.54, 1.807) is 29.6 Å². The van der Waals surface area contributed by atoms with Gasteiger partial charge in [-0.2, -0.15) is 0 Å². The Kier molecular flexibility index (Phi) is 3.86. The third kappa shape index (κ3) is 2.70. The van der Waals surface area contributed by atoms with Gasteiger partial charge in [0.25, 0.3) is 0 Å². The molecule has 1 aromatic heterocycles. The van der Waals surface area contributed by atoms with Crippen molar-refractivity contribution >= 4 is 44.7 Å². The summed E-state index contributed by atoms with van der Waals surface area (Å²) in [6, 6.07) is 6.79. The van der Waals surface area contributed by atoms with Gasteiger partial charge in [0.05, 0.1) is 16.5 Å². The van der Waals surface area contributed by atoms with Gasteiger partial charge >= 0.3 is 0 Å². The third-order valence-electron chi connectivity index (χ3n) is 2.24. The van der Waals surface area contributed by atoms with Crippen LogP contribution in [0.1, 0.15) is 15.9 Å². The van der Waals surface area contributed by atoms with Gasteiger partial charge in [-0.25, -0.2) is 0 Å². The van der Waals surface area contributed by atoms with Crippen molar-refractivity contribution < 1.29 is 9.53 Å². The number of ether oxygens (including phenoxy) is 1. The molecule has 0 fully saturated rings. The molecule has 0 N–H and O–H groups in total. The Morgan fingerprint density at radius 3 is 2.76 bits per heavy atom. The van der Waals surface area contributed by atoms with Crippen LogP contribution < -0.4 is 4.74 Å². The van der Waals surface area contributed by atoms with Crippen molar-refractivity contribution in [3.8, 4) is 5.75 Å². The minimum Gasteiger partial charge on any atom is -0.496 e. The Morgan fingerprint density at radius 2 is 2.18 bits per heavy atom. The van der Waals surface area contributed by atoms with Crippen molar-refractivity contribution in [1.82, 2.24) is 0 Å². The van der Waals surface area contributed by atoms with Gasteiger partial charge in [0.2, 0.25) is 0 Å². The van der Waals surface area contributed by atoms with E-state index in [1.165, 1.54) is 18.4 Å². The Labute approximate surface area is 116 Å². The lowest BCUT2D eigenvalue weighted by atomic mass is 10.1. The highest BCUT2D eigenvalue weighted by atomic mass is 79.9. The first kappa shape index (κ1) is 12.6. The highest BCUT2D eigenvalue weighted by molar-refractivity contribution is 9.11. The predicted molar refractivity (Wildman–Crippen MR) is 73.5 cm³/mol. The summed E-state index contributed by atoms with van der Waals surface area (Å²) < 4.78 is 6.08. The normalized spacial score (nSPS) is 10.3. The fraction of sp³-hybridized carbons (Fsp3) is 0.0833. The van der Waals surface area contributed by atoms with E-state index < -0.39 is 0 Å². The van der Waals surface area contributed by atoms with Crippen molar-refractivity contribution in [3.63, 3.8) is 0 Å². The molecule has 0 unspecified atom stereocenters. The molecule has 2 aromatic rings. The summed E-state index contributed by atoms with van der Waals surface area (Å²) in [5.74, 6) is 0.438. The summed E-state index contributed by atoms with van der Waals surface area (Å²) in [7, 11) is 1.53. The second-order valence-corrected chi connectivity index (χ2v) is 6.04. The average molecular weight is 332 g/mol. The highest BCUT2D eigenvalue weighted by Gasteiger charge is 2.16. The lowest BCUT2D eigenvalue weighted by molar-refractivity contribution is 0.103. The predicted octanol–water partition coefficient (Wildman–Crippen LogP) is 4.40. The molecule has 0 amide bonds. The number of methoxy groups -OCH3 is 1. The van der Waals surface area contributed by atoms with E-state index in [0.29, 0.717) is 21.9 Å². The molecule has 0 saturated carbocycles. The zero-order chi connectivity index (χ0) is 12.4. The van der Waals surface area contributed by atoms with E-state index in [-0.39, 0.29) is 5.78 Å². The summed E-state index contributed by atoms with van der Waals surface area (Å²) in [6.07, 6.45) is 0. The molecule has 5 heteroatoms. The maximum Gasteiger partial charge on any atom is 0.197 e. The van der Waals surface area contributed by atoms with Gasteiger partial charge in [-0.3, -0.25) is 4.79 Å². The molecule has 17 heavy (non-hydrogen) atoms. The van der Waals surface area contributed by atoms with Crippen LogP contribution >= 0.6 is 38.9 Å². The Balaban J connectivity index is 2.46. The Morgan fingerprint density at radius 1 is 1.41 bits per heavy atom. The second kappa shape index (κ2) is 5.21. The maximum absolute atomic E-state index is 12.2. The molecule has 0 atom stereocenters. The minimum absolute atomic E-state index is 0.0914. The summed E-state index contributed by atoms with van der Waals surface area (Å²) in [5.41, 5.74) is 1.10. The van der Waals surface area contributed by atoms with Gasteiger partial charge in [-0.05, 0) is 40.2 Å². The number of benzene rings is 1. The second-order valence-electron chi connectivity index (χ2n) is 3.31. The van der Waals surface area contributed by atoms with Gasteiger partial charge in [0, 0.05) is 16.0 Å². The van der Waals surface area contributed by atoms with Crippen LogP contribution in [0, 0.1) is 0 Å². The first-order chi connectivity index (χ1) is 8.11. The van der Waals surface area contributed by atoms with Gasteiger partial charge in [0.15, 0.2) is 5.78 Å². The highest BCUT2D eigenvalue weighted by Crippen LogP contribution is 2.28. The van der Waals surface area contributed by atoms with Crippen LogP contribution in [0.15, 0.2) is 33.4 Å². The molecule has 0 aliphatic heterocycles. The van der Waals surface area contributed by atoms with Gasteiger partial charge in [-0.1, -0.05) is 11.6 Å². The maximum atomic E-state index is 12.2. The number of rotatable bonds is 3. The van der Waals surface area contributed by atoms with Crippen molar-refractivity contribution in [1.29, 1.82) is 0 Å². The van der Waals surface area contributed by atoms with Crippen LogP contribution in [-0.4, -0.2) is 12.9 Å². The van der Waals surface area contributed by atoms with Crippen molar-refractivity contribution in [2.75, 3.05) is 7.11 Å². The first-order valence-electron chi connectivity index (χ1n) is 4.74. The van der Waals surface area contributed by atoms with Crippen LogP contribution in [0.2, 0.25) is 5.02 Å². The molecule has 0 spiro atoms. The molecule has 0 aliphatic carbocycles. The number of halogens is 2. The lowest BCUT2D eigenvalue weighted by Gasteiger charge is -2.06. The molecule has 2 nitrogen and oxygen atoms in total. The largest absolute Gasteiger partial charge is 0.496 e. The van der Waals surface area contributed by atoms with Gasteiger partial charge in [-0.15, -0.1) is 11.3 Å². The van der Waals surface area contributed by atoms with Crippen molar-refractivity contribution in [2.45, 2.75) is 0 Å². The standard InChI is InChI=1S/C12H8BrClO2S/c1-16-10-3-2-8(14)5-9(10)12(15)7-4-11(13)17-6-7/h2-6H,1H3. The van der Waals surface area contributed by atoms with Crippen LogP contribution in [-0.2, 0) is 0 Å². The molecule has 2 rings (SSSR count). The van der Waals surface area contributed by atoms with Crippen LogP contribution in [0.25, 0.3) is 0 Å². The van der Waals surface area contributed by atoms with Crippen LogP contribution in [0.3, 0.4) is 0 Å². The number of hydrogen-bond donors (Lipinski definition) is 0. The number of carbonyl (C=O) groups is 1. The fourth-order valence-corrected chi connectivity index (χ4v) is 2.75. The van der Waals surface area contributed by atoms with E-state index in [9.17, 15) is 4.79 Å². The Hall–Kier alpha value is -0.840.